The molecule has 6 heterocycles. The molecule has 15 aromatic rings. The van der Waals surface area contributed by atoms with Gasteiger partial charge in [0, 0.05) is 72.1 Å². The molecule has 3 atom stereocenters. The Morgan fingerprint density at radius 2 is 0.966 bits per heavy atom. The molecule has 0 bridgehead atoms. The minimum atomic E-state index is -1.04. The molecule has 0 radical (unpaired) electrons. The van der Waals surface area contributed by atoms with Crippen LogP contribution in [-0.4, -0.2) is 6.10 Å². The number of furan rings is 3. The van der Waals surface area contributed by atoms with E-state index in [9.17, 15) is 0 Å². The van der Waals surface area contributed by atoms with Gasteiger partial charge >= 0.3 is 0 Å². The zero-order valence-electron chi connectivity index (χ0n) is 48.4. The average Bonchev–Trinajstić information content (AvgIpc) is 1.58. The fourth-order valence-electron chi connectivity index (χ4n) is 16.0. The molecule has 3 unspecified atom stereocenters. The first-order chi connectivity index (χ1) is 43.9. The smallest absolute Gasteiger partial charge is 0.151 e. The van der Waals surface area contributed by atoms with E-state index in [4.69, 9.17) is 22.7 Å². The van der Waals surface area contributed by atoms with Crippen molar-refractivity contribution < 1.29 is 22.7 Å². The third kappa shape index (κ3) is 6.56. The van der Waals surface area contributed by atoms with E-state index in [1.165, 1.54) is 0 Å². The summed E-state index contributed by atoms with van der Waals surface area (Å²) in [6, 6.07) is 91.6. The van der Waals surface area contributed by atoms with E-state index >= 15 is 0 Å². The van der Waals surface area contributed by atoms with Crippen molar-refractivity contribution in [1.29, 1.82) is 0 Å². The summed E-state index contributed by atoms with van der Waals surface area (Å²) in [6.07, 6.45) is 2.02. The highest BCUT2D eigenvalue weighted by molar-refractivity contribution is 6.20. The van der Waals surface area contributed by atoms with Crippen molar-refractivity contribution >= 4 is 117 Å². The molecule has 1 spiro atoms. The predicted octanol–water partition coefficient (Wildman–Crippen LogP) is 21.7. The Balaban J connectivity index is 0.958. The molecule has 12 aromatic carbocycles. The molecule has 2 aliphatic carbocycles. The Hall–Kier alpha value is -11.5. The number of hydrogen-bond donors (Lipinski definition) is 0. The van der Waals surface area contributed by atoms with Crippen LogP contribution < -0.4 is 24.2 Å². The van der Waals surface area contributed by atoms with Gasteiger partial charge in [0.15, 0.2) is 11.5 Å². The Morgan fingerprint density at radius 3 is 1.69 bits per heavy atom. The molecule has 20 rings (SSSR count). The molecule has 420 valence electrons. The number of anilines is 8. The highest BCUT2D eigenvalue weighted by atomic mass is 16.5. The van der Waals surface area contributed by atoms with Gasteiger partial charge in [0.2, 0.25) is 0 Å². The van der Waals surface area contributed by atoms with Crippen LogP contribution in [0.4, 0.5) is 45.5 Å². The topological polar surface area (TPSA) is 67.6 Å². The maximum atomic E-state index is 7.79. The van der Waals surface area contributed by atoms with E-state index in [1.807, 2.05) is 12.1 Å². The summed E-state index contributed by atoms with van der Waals surface area (Å²) in [4.78, 5) is 7.38. The van der Waals surface area contributed by atoms with Crippen LogP contribution in [0, 0.1) is 13.8 Å². The van der Waals surface area contributed by atoms with Gasteiger partial charge in [-0.05, 0) is 169 Å². The zero-order valence-corrected chi connectivity index (χ0v) is 48.4. The van der Waals surface area contributed by atoms with Gasteiger partial charge in [-0.25, -0.2) is 0 Å². The Morgan fingerprint density at radius 1 is 0.416 bits per heavy atom. The van der Waals surface area contributed by atoms with E-state index in [0.717, 1.165) is 184 Å². The molecule has 8 heteroatoms. The number of hydrogen-bond acceptors (Lipinski definition) is 8. The maximum Gasteiger partial charge on any atom is 0.151 e. The molecule has 0 amide bonds. The third-order valence-corrected chi connectivity index (χ3v) is 19.5. The number of para-hydroxylation sites is 8. The number of ether oxygens (including phenoxy) is 2. The molecule has 8 nitrogen and oxygen atoms in total. The van der Waals surface area contributed by atoms with Crippen molar-refractivity contribution in [3.8, 4) is 17.2 Å². The second-order valence-electron chi connectivity index (χ2n) is 24.3. The van der Waals surface area contributed by atoms with Crippen LogP contribution in [0.5, 0.6) is 17.2 Å². The second-order valence-corrected chi connectivity index (χ2v) is 24.3. The molecular weight excluding hydrogens is 1090 g/mol. The van der Waals surface area contributed by atoms with Gasteiger partial charge in [0.25, 0.3) is 0 Å². The number of nitrogens with zero attached hydrogens (tertiary/aromatic N) is 3. The van der Waals surface area contributed by atoms with Crippen molar-refractivity contribution in [3.63, 3.8) is 0 Å². The first-order valence-corrected chi connectivity index (χ1v) is 30.5. The highest BCUT2D eigenvalue weighted by Crippen LogP contribution is 2.71. The molecule has 89 heavy (non-hydrogen) atoms. The number of benzene rings is 12. The van der Waals surface area contributed by atoms with Gasteiger partial charge < -0.3 is 37.4 Å². The van der Waals surface area contributed by atoms with Gasteiger partial charge in [-0.3, -0.25) is 0 Å². The molecule has 0 N–H and O–H groups in total. The molecular formula is C81H51N3O5. The summed E-state index contributed by atoms with van der Waals surface area (Å²) in [7, 11) is 0. The normalized spacial score (nSPS) is 17.3. The van der Waals surface area contributed by atoms with Crippen LogP contribution >= 0.6 is 0 Å². The van der Waals surface area contributed by atoms with E-state index in [2.05, 4.69) is 277 Å². The van der Waals surface area contributed by atoms with Crippen LogP contribution in [0.3, 0.4) is 0 Å². The molecule has 0 fully saturated rings. The number of fused-ring (bicyclic) bond motifs is 24. The van der Waals surface area contributed by atoms with Gasteiger partial charge in [-0.2, -0.15) is 0 Å². The molecule has 0 saturated carbocycles. The molecule has 5 aliphatic rings. The van der Waals surface area contributed by atoms with Gasteiger partial charge in [-0.1, -0.05) is 140 Å². The van der Waals surface area contributed by atoms with Gasteiger partial charge in [0.05, 0.1) is 39.5 Å². The van der Waals surface area contributed by atoms with E-state index in [-0.39, 0.29) is 5.92 Å². The lowest BCUT2D eigenvalue weighted by Crippen LogP contribution is -2.39. The lowest BCUT2D eigenvalue weighted by atomic mass is 9.62. The fourth-order valence-corrected chi connectivity index (χ4v) is 16.0. The summed E-state index contributed by atoms with van der Waals surface area (Å²) in [5.41, 5.74) is 23.0. The summed E-state index contributed by atoms with van der Waals surface area (Å²) in [5, 5.41) is 6.23. The van der Waals surface area contributed by atoms with Crippen LogP contribution in [0.25, 0.3) is 71.4 Å². The minimum Gasteiger partial charge on any atom is -0.484 e. The van der Waals surface area contributed by atoms with Crippen LogP contribution in [0.2, 0.25) is 0 Å². The van der Waals surface area contributed by atoms with Crippen molar-refractivity contribution in [2.24, 2.45) is 0 Å². The van der Waals surface area contributed by atoms with Crippen LogP contribution in [0.1, 0.15) is 44.9 Å². The lowest BCUT2D eigenvalue weighted by Gasteiger charge is -2.48. The summed E-state index contributed by atoms with van der Waals surface area (Å²) in [6.45, 7) is 4.35. The molecule has 3 aromatic heterocycles. The van der Waals surface area contributed by atoms with Crippen LogP contribution in [0.15, 0.2) is 285 Å². The van der Waals surface area contributed by atoms with Crippen molar-refractivity contribution in [2.75, 3.05) is 14.7 Å². The fraction of sp³-hybridized carbons (Fsp3) is 0.0617. The number of aryl methyl sites for hydroxylation is 2. The average molecular weight is 1150 g/mol. The maximum absolute atomic E-state index is 7.79. The highest BCUT2D eigenvalue weighted by Gasteiger charge is 2.60. The lowest BCUT2D eigenvalue weighted by molar-refractivity contribution is 0.273. The Labute approximate surface area is 511 Å². The summed E-state index contributed by atoms with van der Waals surface area (Å²) < 4.78 is 35.7. The largest absolute Gasteiger partial charge is 0.484 e. The minimum absolute atomic E-state index is 0.292. The SMILES string of the molecule is Cc1cccc(N(C2=CC3=C(c4c(cc(N(c5cccc(C)c5)c5ccc6oc7ccccc7c6c5)c5c4oc4ccccc45)C34c3ccccc3N3c5ccccc5Oc5cccc4c53)C3Oc4ccccc4C23)c2ccc3oc4ccccc4c3c2)c1. The summed E-state index contributed by atoms with van der Waals surface area (Å²) in [5.74, 6) is 2.14. The number of allylic oxidation sites excluding steroid dienone is 2. The first kappa shape index (κ1) is 48.7. The van der Waals surface area contributed by atoms with Gasteiger partial charge in [-0.15, -0.1) is 0 Å². The first-order valence-electron chi connectivity index (χ1n) is 30.5. The van der Waals surface area contributed by atoms with E-state index < -0.39 is 11.5 Å². The standard InChI is InChI=1S/C81H51N3O5/c1-46-18-15-20-48(40-46)82(50-36-38-70-56(42-50)52-22-3-10-30-66(52)85-70)64-44-60-76(79-74(64)54-24-5-12-32-68(54)88-79)77-61(81(60)58-26-7-8-28-62(58)84-63-29-9-14-34-72(63)87-73-35-17-27-59(81)78(73)84)45-65(75-55-25-6-13-33-69(55)89-80(75)77)83(49-21-16-19-47(2)41-49)51-37-39-71-57(43-51)53-23-4-11-31-67(53)86-71/h3-45,74,79H,1-2H3. The Bertz CT molecular complexity index is 5680. The molecule has 3 aliphatic heterocycles. The van der Waals surface area contributed by atoms with E-state index in [1.54, 1.807) is 0 Å². The van der Waals surface area contributed by atoms with Crippen molar-refractivity contribution in [3.05, 3.63) is 311 Å². The zero-order chi connectivity index (χ0) is 58.4. The van der Waals surface area contributed by atoms with Crippen molar-refractivity contribution in [2.45, 2.75) is 31.3 Å². The summed E-state index contributed by atoms with van der Waals surface area (Å²) >= 11 is 0. The van der Waals surface area contributed by atoms with Crippen molar-refractivity contribution in [1.82, 2.24) is 0 Å². The van der Waals surface area contributed by atoms with Gasteiger partial charge in [0.1, 0.15) is 45.4 Å². The number of rotatable bonds is 6. The predicted molar refractivity (Wildman–Crippen MR) is 357 cm³/mol. The van der Waals surface area contributed by atoms with Crippen LogP contribution in [-0.2, 0) is 5.41 Å². The van der Waals surface area contributed by atoms with E-state index in [0.29, 0.717) is 0 Å². The quantitative estimate of drug-likeness (QED) is 0.163. The third-order valence-electron chi connectivity index (χ3n) is 19.5. The molecule has 0 saturated heterocycles. The Kier molecular flexibility index (Phi) is 9.75. The monoisotopic (exact) mass is 1150 g/mol. The second kappa shape index (κ2) is 17.8.